The lowest BCUT2D eigenvalue weighted by Gasteiger charge is -2.15. The molecule has 0 aliphatic rings. The summed E-state index contributed by atoms with van der Waals surface area (Å²) in [6, 6.07) is 0. The van der Waals surface area contributed by atoms with E-state index in [1.54, 1.807) is 25.5 Å². The van der Waals surface area contributed by atoms with Gasteiger partial charge in [0.2, 0.25) is 0 Å². The van der Waals surface area contributed by atoms with Crippen molar-refractivity contribution < 1.29 is 14.1 Å². The first-order valence-electron chi connectivity index (χ1n) is 6.00. The Morgan fingerprint density at radius 1 is 1.63 bits per heavy atom. The number of hydrogen-bond donors (Lipinski definition) is 2. The molecule has 19 heavy (non-hydrogen) atoms. The van der Waals surface area contributed by atoms with E-state index >= 15 is 0 Å². The van der Waals surface area contributed by atoms with Crippen molar-refractivity contribution in [3.8, 4) is 0 Å². The molecular weight excluding hydrogens is 284 g/mol. The molecule has 2 unspecified atom stereocenters. The van der Waals surface area contributed by atoms with Crippen LogP contribution in [0, 0.1) is 0 Å². The summed E-state index contributed by atoms with van der Waals surface area (Å²) < 4.78 is 11.2. The summed E-state index contributed by atoms with van der Waals surface area (Å²) in [5.74, 6) is -0.889. The standard InChI is InChI=1S/C12H20N2O3S2/c1-8(19(4)17)5-6-13-11-14-9(7-18-11)12(2,3)10(15)16/h7-8H,5-6H2,1-4H3,(H,13,14)(H,15,16). The number of aromatic nitrogens is 1. The van der Waals surface area contributed by atoms with Crippen LogP contribution in [0.4, 0.5) is 5.13 Å². The molecule has 0 aromatic carbocycles. The summed E-state index contributed by atoms with van der Waals surface area (Å²) in [7, 11) is -0.818. The molecule has 1 heterocycles. The molecule has 1 rings (SSSR count). The van der Waals surface area contributed by atoms with Gasteiger partial charge in [-0.15, -0.1) is 11.3 Å². The maximum Gasteiger partial charge on any atom is 0.315 e. The van der Waals surface area contributed by atoms with Gasteiger partial charge in [0.15, 0.2) is 5.13 Å². The fraction of sp³-hybridized carbons (Fsp3) is 0.667. The van der Waals surface area contributed by atoms with Crippen LogP contribution < -0.4 is 5.32 Å². The van der Waals surface area contributed by atoms with Gasteiger partial charge < -0.3 is 10.4 Å². The average Bonchev–Trinajstić information content (AvgIpc) is 2.77. The Morgan fingerprint density at radius 3 is 2.79 bits per heavy atom. The number of thiazole rings is 1. The lowest BCUT2D eigenvalue weighted by molar-refractivity contribution is -0.142. The number of carbonyl (C=O) groups is 1. The molecule has 7 heteroatoms. The first-order chi connectivity index (χ1) is 8.75. The third kappa shape index (κ3) is 4.28. The summed E-state index contributed by atoms with van der Waals surface area (Å²) in [4.78, 5) is 15.4. The van der Waals surface area contributed by atoms with Crippen molar-refractivity contribution in [1.82, 2.24) is 4.98 Å². The fourth-order valence-electron chi connectivity index (χ4n) is 1.30. The molecule has 1 aromatic rings. The predicted molar refractivity (Wildman–Crippen MR) is 79.4 cm³/mol. The smallest absolute Gasteiger partial charge is 0.315 e. The topological polar surface area (TPSA) is 79.3 Å². The molecule has 0 fully saturated rings. The Kier molecular flexibility index (Phi) is 5.49. The number of carboxylic acid groups (broad SMARTS) is 1. The van der Waals surface area contributed by atoms with Crippen molar-refractivity contribution in [2.75, 3.05) is 18.1 Å². The number of anilines is 1. The van der Waals surface area contributed by atoms with E-state index in [0.29, 0.717) is 17.4 Å². The Bertz CT molecular complexity index is 471. The van der Waals surface area contributed by atoms with Crippen molar-refractivity contribution in [3.05, 3.63) is 11.1 Å². The Morgan fingerprint density at radius 2 is 2.26 bits per heavy atom. The normalized spacial score (nSPS) is 14.9. The molecule has 108 valence electrons. The molecule has 1 aromatic heterocycles. The number of nitrogens with zero attached hydrogens (tertiary/aromatic N) is 1. The molecule has 0 spiro atoms. The van der Waals surface area contributed by atoms with Gasteiger partial charge in [0.05, 0.1) is 5.69 Å². The lowest BCUT2D eigenvalue weighted by Crippen LogP contribution is -2.28. The van der Waals surface area contributed by atoms with Gasteiger partial charge in [0, 0.05) is 34.2 Å². The van der Waals surface area contributed by atoms with Crippen LogP contribution in [0.15, 0.2) is 5.38 Å². The highest BCUT2D eigenvalue weighted by atomic mass is 32.2. The largest absolute Gasteiger partial charge is 0.481 e. The van der Waals surface area contributed by atoms with Crippen LogP contribution in [0.5, 0.6) is 0 Å². The van der Waals surface area contributed by atoms with Gasteiger partial charge in [0.25, 0.3) is 0 Å². The number of nitrogens with one attached hydrogen (secondary N) is 1. The van der Waals surface area contributed by atoms with Gasteiger partial charge in [-0.1, -0.05) is 6.92 Å². The first kappa shape index (κ1) is 16.1. The van der Waals surface area contributed by atoms with E-state index in [4.69, 9.17) is 5.11 Å². The van der Waals surface area contributed by atoms with Gasteiger partial charge >= 0.3 is 5.97 Å². The number of carboxylic acids is 1. The second-order valence-corrected chi connectivity index (χ2v) is 7.65. The van der Waals surface area contributed by atoms with E-state index in [9.17, 15) is 9.00 Å². The van der Waals surface area contributed by atoms with E-state index in [-0.39, 0.29) is 5.25 Å². The first-order valence-corrected chi connectivity index (χ1v) is 8.50. The molecule has 2 N–H and O–H groups in total. The van der Waals surface area contributed by atoms with E-state index in [2.05, 4.69) is 10.3 Å². The summed E-state index contributed by atoms with van der Waals surface area (Å²) in [6.45, 7) is 5.90. The van der Waals surface area contributed by atoms with E-state index in [1.807, 2.05) is 6.92 Å². The van der Waals surface area contributed by atoms with Crippen LogP contribution in [0.3, 0.4) is 0 Å². The molecule has 0 bridgehead atoms. The summed E-state index contributed by atoms with van der Waals surface area (Å²) in [5, 5.41) is 14.9. The second kappa shape index (κ2) is 6.47. The zero-order chi connectivity index (χ0) is 14.6. The van der Waals surface area contributed by atoms with Crippen molar-refractivity contribution in [2.24, 2.45) is 0 Å². The van der Waals surface area contributed by atoms with E-state index in [1.165, 1.54) is 11.3 Å². The summed E-state index contributed by atoms with van der Waals surface area (Å²) >= 11 is 1.39. The minimum Gasteiger partial charge on any atom is -0.481 e. The van der Waals surface area contributed by atoms with Gasteiger partial charge in [-0.3, -0.25) is 9.00 Å². The maximum absolute atomic E-state index is 11.2. The number of rotatable bonds is 7. The van der Waals surface area contributed by atoms with E-state index in [0.717, 1.165) is 6.42 Å². The van der Waals surface area contributed by atoms with Gasteiger partial charge in [-0.25, -0.2) is 4.98 Å². The second-order valence-electron chi connectivity index (χ2n) is 4.99. The number of aliphatic carboxylic acids is 1. The number of hydrogen-bond acceptors (Lipinski definition) is 5. The van der Waals surface area contributed by atoms with Crippen molar-refractivity contribution in [1.29, 1.82) is 0 Å². The van der Waals surface area contributed by atoms with Gasteiger partial charge in [0.1, 0.15) is 5.41 Å². The van der Waals surface area contributed by atoms with Crippen LogP contribution in [-0.2, 0) is 21.0 Å². The molecule has 0 saturated carbocycles. The minimum absolute atomic E-state index is 0.141. The molecule has 0 aliphatic heterocycles. The highest BCUT2D eigenvalue weighted by Gasteiger charge is 2.32. The SMILES string of the molecule is CC(CCNc1nc(C(C)(C)C(=O)O)cs1)S(C)=O. The van der Waals surface area contributed by atoms with Crippen molar-refractivity contribution >= 4 is 33.2 Å². The fourth-order valence-corrected chi connectivity index (χ4v) is 2.66. The average molecular weight is 304 g/mol. The maximum atomic E-state index is 11.2. The summed E-state index contributed by atoms with van der Waals surface area (Å²) in [5.41, 5.74) is -0.422. The molecule has 0 radical (unpaired) electrons. The van der Waals surface area contributed by atoms with Gasteiger partial charge in [-0.05, 0) is 20.3 Å². The Labute approximate surface area is 119 Å². The molecule has 2 atom stereocenters. The highest BCUT2D eigenvalue weighted by Crippen LogP contribution is 2.27. The molecule has 0 amide bonds. The van der Waals surface area contributed by atoms with Crippen LogP contribution in [-0.4, -0.2) is 38.3 Å². The van der Waals surface area contributed by atoms with Gasteiger partial charge in [-0.2, -0.15) is 0 Å². The predicted octanol–water partition coefficient (Wildman–Crippen LogP) is 2.07. The monoisotopic (exact) mass is 304 g/mol. The quantitative estimate of drug-likeness (QED) is 0.806. The zero-order valence-electron chi connectivity index (χ0n) is 11.6. The lowest BCUT2D eigenvalue weighted by atomic mass is 9.90. The Balaban J connectivity index is 2.57. The van der Waals surface area contributed by atoms with Crippen LogP contribution >= 0.6 is 11.3 Å². The third-order valence-corrected chi connectivity index (χ3v) is 5.24. The van der Waals surface area contributed by atoms with Crippen LogP contribution in [0.1, 0.15) is 32.9 Å². The third-order valence-electron chi connectivity index (χ3n) is 3.07. The zero-order valence-corrected chi connectivity index (χ0v) is 13.2. The van der Waals surface area contributed by atoms with Crippen molar-refractivity contribution in [2.45, 2.75) is 37.9 Å². The van der Waals surface area contributed by atoms with Crippen molar-refractivity contribution in [3.63, 3.8) is 0 Å². The van der Waals surface area contributed by atoms with Crippen LogP contribution in [0.25, 0.3) is 0 Å². The molecule has 0 saturated heterocycles. The molecule has 5 nitrogen and oxygen atoms in total. The van der Waals surface area contributed by atoms with E-state index < -0.39 is 22.2 Å². The Hall–Kier alpha value is -0.950. The minimum atomic E-state index is -0.978. The summed E-state index contributed by atoms with van der Waals surface area (Å²) in [6.07, 6.45) is 2.49. The molecule has 0 aliphatic carbocycles. The molecular formula is C12H20N2O3S2. The highest BCUT2D eigenvalue weighted by molar-refractivity contribution is 7.84. The van der Waals surface area contributed by atoms with Crippen LogP contribution in [0.2, 0.25) is 0 Å².